The second-order valence-electron chi connectivity index (χ2n) is 6.61. The van der Waals surface area contributed by atoms with E-state index in [4.69, 9.17) is 0 Å². The molecule has 1 aromatic rings. The van der Waals surface area contributed by atoms with Crippen molar-refractivity contribution in [1.82, 2.24) is 19.2 Å². The van der Waals surface area contributed by atoms with Crippen LogP contribution in [0.2, 0.25) is 0 Å². The molecule has 6 nitrogen and oxygen atoms in total. The van der Waals surface area contributed by atoms with E-state index in [0.717, 1.165) is 57.6 Å². The Kier molecular flexibility index (Phi) is 4.26. The molecule has 4 rings (SSSR count). The lowest BCUT2D eigenvalue weighted by Gasteiger charge is -2.33. The monoisotopic (exact) mass is 346 g/mol. The van der Waals surface area contributed by atoms with E-state index in [1.807, 2.05) is 4.57 Å². The predicted molar refractivity (Wildman–Crippen MR) is 85.7 cm³/mol. The molecule has 0 bridgehead atoms. The quantitative estimate of drug-likeness (QED) is 0.868. The van der Waals surface area contributed by atoms with Gasteiger partial charge in [0.1, 0.15) is 5.82 Å². The third-order valence-corrected chi connectivity index (χ3v) is 7.20. The minimum atomic E-state index is -3.38. The third-order valence-electron chi connectivity index (χ3n) is 5.36. The van der Waals surface area contributed by atoms with Gasteiger partial charge in [0.2, 0.25) is 0 Å². The largest absolute Gasteiger partial charge is 0.318 e. The van der Waals surface area contributed by atoms with Crippen LogP contribution in [0.15, 0.2) is 11.2 Å². The molecule has 0 aromatic carbocycles. The van der Waals surface area contributed by atoms with E-state index in [2.05, 4.69) is 10.3 Å². The average molecular weight is 347 g/mol. The van der Waals surface area contributed by atoms with Gasteiger partial charge in [-0.2, -0.15) is 4.31 Å². The molecule has 8 heteroatoms. The van der Waals surface area contributed by atoms with Gasteiger partial charge in [-0.3, -0.25) is 0 Å². The van der Waals surface area contributed by atoms with Crippen LogP contribution in [-0.4, -0.2) is 48.5 Å². The molecule has 124 valence electrons. The summed E-state index contributed by atoms with van der Waals surface area (Å²) in [5, 5.41) is 3.77. The van der Waals surface area contributed by atoms with Gasteiger partial charge >= 0.3 is 0 Å². The first-order chi connectivity index (χ1) is 10.1. The maximum Gasteiger partial charge on any atom is 0.260 e. The van der Waals surface area contributed by atoms with Gasteiger partial charge in [-0.1, -0.05) is 0 Å². The highest BCUT2D eigenvalue weighted by Crippen LogP contribution is 2.40. The molecule has 0 saturated carbocycles. The first-order valence-electron chi connectivity index (χ1n) is 7.86. The topological polar surface area (TPSA) is 67.2 Å². The van der Waals surface area contributed by atoms with Crippen molar-refractivity contribution in [2.24, 2.45) is 5.41 Å². The second-order valence-corrected chi connectivity index (χ2v) is 8.49. The van der Waals surface area contributed by atoms with Crippen molar-refractivity contribution in [2.75, 3.05) is 26.2 Å². The molecule has 1 aromatic heterocycles. The van der Waals surface area contributed by atoms with Gasteiger partial charge in [0.05, 0.1) is 6.20 Å². The summed E-state index contributed by atoms with van der Waals surface area (Å²) in [5.41, 5.74) is 0.201. The van der Waals surface area contributed by atoms with Gasteiger partial charge in [-0.25, -0.2) is 13.4 Å². The van der Waals surface area contributed by atoms with E-state index in [1.54, 1.807) is 10.5 Å². The molecule has 4 heterocycles. The zero-order valence-corrected chi connectivity index (χ0v) is 14.3. The number of nitrogens with one attached hydrogen (secondary N) is 1. The summed E-state index contributed by atoms with van der Waals surface area (Å²) in [5.74, 6) is 0.921. The average Bonchev–Trinajstić information content (AvgIpc) is 3.14. The summed E-state index contributed by atoms with van der Waals surface area (Å²) in [6.07, 6.45) is 6.62. The molecule has 2 saturated heterocycles. The van der Waals surface area contributed by atoms with Crippen LogP contribution in [0, 0.1) is 5.41 Å². The maximum absolute atomic E-state index is 12.9. The van der Waals surface area contributed by atoms with E-state index in [1.165, 1.54) is 0 Å². The lowest BCUT2D eigenvalue weighted by atomic mass is 9.78. The molecule has 2 fully saturated rings. The third kappa shape index (κ3) is 2.48. The first-order valence-corrected chi connectivity index (χ1v) is 9.30. The Morgan fingerprint density at radius 2 is 1.95 bits per heavy atom. The number of nitrogens with zero attached hydrogens (tertiary/aromatic N) is 3. The van der Waals surface area contributed by atoms with Crippen molar-refractivity contribution in [1.29, 1.82) is 0 Å². The number of rotatable bonds is 2. The standard InChI is InChI=1S/C14H22N4O2S.ClH/c19-21(20,13-10-16-12-2-1-8-18(12)13)17-9-5-14(11-17)3-6-15-7-4-14;/h10,15H,1-9,11H2;1H. The van der Waals surface area contributed by atoms with E-state index in [9.17, 15) is 8.42 Å². The SMILES string of the molecule is Cl.O=S(=O)(c1cnc2n1CCC2)N1CCC2(CCNCC2)C1. The summed E-state index contributed by atoms with van der Waals surface area (Å²) in [4.78, 5) is 4.29. The Morgan fingerprint density at radius 1 is 1.18 bits per heavy atom. The van der Waals surface area contributed by atoms with Crippen LogP contribution in [-0.2, 0) is 23.0 Å². The number of aryl methyl sites for hydroxylation is 1. The Hall–Kier alpha value is -0.630. The second kappa shape index (κ2) is 5.78. The Labute approximate surface area is 137 Å². The molecular formula is C14H23ClN4O2S. The van der Waals surface area contributed by atoms with E-state index < -0.39 is 10.0 Å². The predicted octanol–water partition coefficient (Wildman–Crippen LogP) is 1.02. The maximum atomic E-state index is 12.9. The fourth-order valence-corrected chi connectivity index (χ4v) is 5.73. The van der Waals surface area contributed by atoms with E-state index in [-0.39, 0.29) is 17.8 Å². The number of sulfonamides is 1. The number of hydrogen-bond acceptors (Lipinski definition) is 4. The summed E-state index contributed by atoms with van der Waals surface area (Å²) < 4.78 is 29.4. The van der Waals surface area contributed by atoms with Crippen molar-refractivity contribution in [3.05, 3.63) is 12.0 Å². The van der Waals surface area contributed by atoms with Crippen LogP contribution in [0.1, 0.15) is 31.5 Å². The number of fused-ring (bicyclic) bond motifs is 1. The molecule has 22 heavy (non-hydrogen) atoms. The number of halogens is 1. The van der Waals surface area contributed by atoms with Gasteiger partial charge in [0.25, 0.3) is 10.0 Å². The fourth-order valence-electron chi connectivity index (χ4n) is 4.03. The number of imidazole rings is 1. The van der Waals surface area contributed by atoms with Crippen molar-refractivity contribution in [2.45, 2.75) is 43.7 Å². The van der Waals surface area contributed by atoms with Crippen LogP contribution in [0.25, 0.3) is 0 Å². The van der Waals surface area contributed by atoms with Gasteiger partial charge in [0, 0.05) is 26.1 Å². The van der Waals surface area contributed by atoms with Crippen LogP contribution >= 0.6 is 12.4 Å². The minimum absolute atomic E-state index is 0. The lowest BCUT2D eigenvalue weighted by Crippen LogP contribution is -2.40. The van der Waals surface area contributed by atoms with Crippen LogP contribution < -0.4 is 5.32 Å². The smallest absolute Gasteiger partial charge is 0.260 e. The Balaban J connectivity index is 0.00000144. The molecule has 1 N–H and O–H groups in total. The van der Waals surface area contributed by atoms with Crippen LogP contribution in [0.5, 0.6) is 0 Å². The van der Waals surface area contributed by atoms with Crippen molar-refractivity contribution in [3.63, 3.8) is 0 Å². The summed E-state index contributed by atoms with van der Waals surface area (Å²) in [6.45, 7) is 4.14. The molecule has 0 aliphatic carbocycles. The fraction of sp³-hybridized carbons (Fsp3) is 0.786. The summed E-state index contributed by atoms with van der Waals surface area (Å²) in [7, 11) is -3.38. The molecule has 0 atom stereocenters. The summed E-state index contributed by atoms with van der Waals surface area (Å²) in [6, 6.07) is 0. The van der Waals surface area contributed by atoms with Crippen molar-refractivity contribution in [3.8, 4) is 0 Å². The van der Waals surface area contributed by atoms with E-state index >= 15 is 0 Å². The molecule has 0 radical (unpaired) electrons. The van der Waals surface area contributed by atoms with Crippen LogP contribution in [0.3, 0.4) is 0 Å². The molecular weight excluding hydrogens is 324 g/mol. The lowest BCUT2D eigenvalue weighted by molar-refractivity contribution is 0.218. The van der Waals surface area contributed by atoms with Crippen molar-refractivity contribution >= 4 is 22.4 Å². The van der Waals surface area contributed by atoms with Crippen molar-refractivity contribution < 1.29 is 8.42 Å². The van der Waals surface area contributed by atoms with E-state index in [0.29, 0.717) is 18.1 Å². The first kappa shape index (κ1) is 16.2. The number of piperidine rings is 1. The van der Waals surface area contributed by atoms with Gasteiger partial charge in [-0.15, -0.1) is 12.4 Å². The molecule has 3 aliphatic rings. The highest BCUT2D eigenvalue weighted by atomic mass is 35.5. The molecule has 1 spiro atoms. The highest BCUT2D eigenvalue weighted by Gasteiger charge is 2.44. The zero-order valence-electron chi connectivity index (χ0n) is 12.6. The van der Waals surface area contributed by atoms with Gasteiger partial charge < -0.3 is 9.88 Å². The highest BCUT2D eigenvalue weighted by molar-refractivity contribution is 7.89. The summed E-state index contributed by atoms with van der Waals surface area (Å²) >= 11 is 0. The Bertz CT molecular complexity index is 652. The van der Waals surface area contributed by atoms with Gasteiger partial charge in [-0.05, 0) is 44.2 Å². The zero-order chi connectivity index (χ0) is 14.5. The molecule has 0 amide bonds. The molecule has 3 aliphatic heterocycles. The minimum Gasteiger partial charge on any atom is -0.318 e. The number of hydrogen-bond donors (Lipinski definition) is 1. The van der Waals surface area contributed by atoms with Crippen LogP contribution in [0.4, 0.5) is 0 Å². The normalized spacial score (nSPS) is 24.4. The number of aromatic nitrogens is 2. The molecule has 0 unspecified atom stereocenters. The Morgan fingerprint density at radius 3 is 2.73 bits per heavy atom. The van der Waals surface area contributed by atoms with Gasteiger partial charge in [0.15, 0.2) is 5.03 Å².